The molecule has 1 saturated heterocycles. The fraction of sp³-hybridized carbons (Fsp3) is 0.483. The third-order valence-corrected chi connectivity index (χ3v) is 8.95. The molecule has 2 heterocycles. The molecule has 1 saturated carbocycles. The number of aromatic nitrogens is 2. The Balaban J connectivity index is 1.30. The number of hydrogen-bond donors (Lipinski definition) is 1. The SMILES string of the molecule is CNC1(C)CC(CN2CCC(c3cc(C)nn3-c3ccc(Cl)cc3Cl)CC2)C(c2ccc(F)cc2F)C1. The molecule has 1 aliphatic carbocycles. The summed E-state index contributed by atoms with van der Waals surface area (Å²) in [5, 5.41) is 9.38. The molecule has 0 bridgehead atoms. The fourth-order valence-electron chi connectivity index (χ4n) is 6.42. The highest BCUT2D eigenvalue weighted by molar-refractivity contribution is 6.35. The largest absolute Gasteiger partial charge is 0.315 e. The Morgan fingerprint density at radius 1 is 1.05 bits per heavy atom. The maximum atomic E-state index is 14.8. The Morgan fingerprint density at radius 2 is 1.81 bits per heavy atom. The second-order valence-electron chi connectivity index (χ2n) is 11.0. The monoisotopic (exact) mass is 546 g/mol. The Morgan fingerprint density at radius 3 is 2.49 bits per heavy atom. The van der Waals surface area contributed by atoms with E-state index in [0.717, 1.165) is 62.8 Å². The number of aryl methyl sites for hydroxylation is 1. The van der Waals surface area contributed by atoms with Crippen molar-refractivity contribution in [1.82, 2.24) is 20.0 Å². The van der Waals surface area contributed by atoms with Gasteiger partial charge in [0.1, 0.15) is 11.6 Å². The van der Waals surface area contributed by atoms with Crippen molar-refractivity contribution < 1.29 is 8.78 Å². The van der Waals surface area contributed by atoms with Crippen molar-refractivity contribution in [2.24, 2.45) is 5.92 Å². The van der Waals surface area contributed by atoms with Gasteiger partial charge in [-0.2, -0.15) is 5.10 Å². The maximum absolute atomic E-state index is 14.8. The van der Waals surface area contributed by atoms with E-state index in [9.17, 15) is 8.78 Å². The molecule has 0 radical (unpaired) electrons. The second-order valence-corrected chi connectivity index (χ2v) is 11.9. The van der Waals surface area contributed by atoms with E-state index in [4.69, 9.17) is 28.3 Å². The van der Waals surface area contributed by atoms with Crippen LogP contribution in [0.2, 0.25) is 10.0 Å². The molecule has 5 rings (SSSR count). The highest BCUT2D eigenvalue weighted by Crippen LogP contribution is 2.46. The maximum Gasteiger partial charge on any atom is 0.129 e. The van der Waals surface area contributed by atoms with Crippen LogP contribution in [-0.2, 0) is 0 Å². The van der Waals surface area contributed by atoms with Crippen molar-refractivity contribution in [3.8, 4) is 5.69 Å². The van der Waals surface area contributed by atoms with Gasteiger partial charge in [-0.1, -0.05) is 29.3 Å². The first-order valence-electron chi connectivity index (χ1n) is 13.0. The first-order chi connectivity index (χ1) is 17.7. The normalized spacial score (nSPS) is 25.2. The third kappa shape index (κ3) is 5.58. The average Bonchev–Trinajstić information content (AvgIpc) is 3.39. The minimum Gasteiger partial charge on any atom is -0.315 e. The summed E-state index contributed by atoms with van der Waals surface area (Å²) < 4.78 is 30.3. The fourth-order valence-corrected chi connectivity index (χ4v) is 6.91. The van der Waals surface area contributed by atoms with Crippen LogP contribution in [0.5, 0.6) is 0 Å². The van der Waals surface area contributed by atoms with E-state index in [2.05, 4.69) is 23.2 Å². The molecule has 3 atom stereocenters. The van der Waals surface area contributed by atoms with E-state index in [1.54, 1.807) is 12.1 Å². The molecule has 198 valence electrons. The first kappa shape index (κ1) is 26.6. The van der Waals surface area contributed by atoms with Crippen LogP contribution in [0.3, 0.4) is 0 Å². The highest BCUT2D eigenvalue weighted by atomic mass is 35.5. The van der Waals surface area contributed by atoms with E-state index in [1.165, 1.54) is 11.8 Å². The summed E-state index contributed by atoms with van der Waals surface area (Å²) in [7, 11) is 1.98. The van der Waals surface area contributed by atoms with Crippen molar-refractivity contribution in [1.29, 1.82) is 0 Å². The molecule has 8 heteroatoms. The summed E-state index contributed by atoms with van der Waals surface area (Å²) in [5.41, 5.74) is 3.56. The van der Waals surface area contributed by atoms with E-state index < -0.39 is 11.6 Å². The van der Waals surface area contributed by atoms with Gasteiger partial charge < -0.3 is 10.2 Å². The molecule has 0 spiro atoms. The molecule has 4 nitrogen and oxygen atoms in total. The summed E-state index contributed by atoms with van der Waals surface area (Å²) in [6, 6.07) is 11.7. The predicted octanol–water partition coefficient (Wildman–Crippen LogP) is 7.12. The number of nitrogens with zero attached hydrogens (tertiary/aromatic N) is 3. The van der Waals surface area contributed by atoms with Crippen molar-refractivity contribution in [2.45, 2.75) is 56.9 Å². The third-order valence-electron chi connectivity index (χ3n) is 8.41. The zero-order valence-corrected chi connectivity index (χ0v) is 23.1. The smallest absolute Gasteiger partial charge is 0.129 e. The lowest BCUT2D eigenvalue weighted by molar-refractivity contribution is 0.173. The number of nitrogens with one attached hydrogen (secondary N) is 1. The number of benzene rings is 2. The topological polar surface area (TPSA) is 33.1 Å². The molecule has 1 N–H and O–H groups in total. The van der Waals surface area contributed by atoms with Gasteiger partial charge in [0.05, 0.1) is 16.4 Å². The van der Waals surface area contributed by atoms with Crippen LogP contribution in [0, 0.1) is 24.5 Å². The average molecular weight is 548 g/mol. The minimum atomic E-state index is -0.524. The lowest BCUT2D eigenvalue weighted by Gasteiger charge is -2.35. The standard InChI is InChI=1S/C29H34Cl2F2N4/c1-18-12-28(37(35-18)27-7-4-21(30)13-25(27)31)19-8-10-36(11-9-19)17-20-15-29(2,34-3)16-24(20)23-6-5-22(32)14-26(23)33/h4-7,12-14,19-20,24,34H,8-11,15-17H2,1-3H3. The molecule has 1 aliphatic heterocycles. The summed E-state index contributed by atoms with van der Waals surface area (Å²) in [4.78, 5) is 2.51. The van der Waals surface area contributed by atoms with Crippen molar-refractivity contribution in [2.75, 3.05) is 26.7 Å². The Bertz CT molecular complexity index is 1270. The van der Waals surface area contributed by atoms with E-state index in [-0.39, 0.29) is 11.5 Å². The van der Waals surface area contributed by atoms with Crippen molar-refractivity contribution in [3.05, 3.63) is 81.1 Å². The van der Waals surface area contributed by atoms with Crippen LogP contribution in [0.25, 0.3) is 5.69 Å². The number of rotatable bonds is 6. The second kappa shape index (κ2) is 10.6. The molecular formula is C29H34Cl2F2N4. The lowest BCUT2D eigenvalue weighted by Crippen LogP contribution is -2.39. The number of likely N-dealkylation sites (tertiary alicyclic amines) is 1. The Hall–Kier alpha value is -1.99. The minimum absolute atomic E-state index is 0.0592. The van der Waals surface area contributed by atoms with Crippen LogP contribution < -0.4 is 5.32 Å². The first-order valence-corrected chi connectivity index (χ1v) is 13.8. The number of halogens is 4. The van der Waals surface area contributed by atoms with Gasteiger partial charge in [-0.3, -0.25) is 0 Å². The van der Waals surface area contributed by atoms with E-state index in [0.29, 0.717) is 27.4 Å². The van der Waals surface area contributed by atoms with Gasteiger partial charge in [0.25, 0.3) is 0 Å². The summed E-state index contributed by atoms with van der Waals surface area (Å²) >= 11 is 12.6. The highest BCUT2D eigenvalue weighted by Gasteiger charge is 2.43. The molecule has 2 aromatic carbocycles. The van der Waals surface area contributed by atoms with E-state index in [1.807, 2.05) is 30.8 Å². The Kier molecular flexibility index (Phi) is 7.65. The summed E-state index contributed by atoms with van der Waals surface area (Å²) in [6.45, 7) is 7.06. The molecule has 3 aromatic rings. The quantitative estimate of drug-likeness (QED) is 0.357. The van der Waals surface area contributed by atoms with Gasteiger partial charge in [0, 0.05) is 34.8 Å². The molecule has 2 fully saturated rings. The molecule has 3 unspecified atom stereocenters. The van der Waals surface area contributed by atoms with Crippen LogP contribution in [0.4, 0.5) is 8.78 Å². The number of hydrogen-bond acceptors (Lipinski definition) is 3. The zero-order chi connectivity index (χ0) is 26.3. The van der Waals surface area contributed by atoms with Gasteiger partial charge >= 0.3 is 0 Å². The van der Waals surface area contributed by atoms with Gasteiger partial charge in [-0.15, -0.1) is 0 Å². The van der Waals surface area contributed by atoms with Crippen LogP contribution in [0.1, 0.15) is 61.4 Å². The Labute approximate surface area is 227 Å². The van der Waals surface area contributed by atoms with Crippen molar-refractivity contribution >= 4 is 23.2 Å². The van der Waals surface area contributed by atoms with Gasteiger partial charge in [-0.25, -0.2) is 13.5 Å². The van der Waals surface area contributed by atoms with Crippen LogP contribution >= 0.6 is 23.2 Å². The molecule has 2 aliphatic rings. The zero-order valence-electron chi connectivity index (χ0n) is 21.6. The molecule has 37 heavy (non-hydrogen) atoms. The number of piperidine rings is 1. The summed E-state index contributed by atoms with van der Waals surface area (Å²) in [5.74, 6) is -0.218. The predicted molar refractivity (Wildman–Crippen MR) is 146 cm³/mol. The van der Waals surface area contributed by atoms with Gasteiger partial charge in [-0.05, 0) is 107 Å². The van der Waals surface area contributed by atoms with Gasteiger partial charge in [0.2, 0.25) is 0 Å². The van der Waals surface area contributed by atoms with Crippen LogP contribution in [-0.4, -0.2) is 46.9 Å². The van der Waals surface area contributed by atoms with Crippen LogP contribution in [0.15, 0.2) is 42.5 Å². The summed E-state index contributed by atoms with van der Waals surface area (Å²) in [6.07, 6.45) is 3.84. The molecule has 0 amide bonds. The van der Waals surface area contributed by atoms with Gasteiger partial charge in [0.15, 0.2) is 0 Å². The molecular weight excluding hydrogens is 513 g/mol. The van der Waals surface area contributed by atoms with Crippen molar-refractivity contribution in [3.63, 3.8) is 0 Å². The molecule has 1 aromatic heterocycles. The van der Waals surface area contributed by atoms with E-state index >= 15 is 0 Å². The lowest BCUT2D eigenvalue weighted by atomic mass is 9.86.